The number of benzene rings is 1. The van der Waals surface area contributed by atoms with Gasteiger partial charge in [-0.2, -0.15) is 0 Å². The second kappa shape index (κ2) is 5.89. The summed E-state index contributed by atoms with van der Waals surface area (Å²) in [7, 11) is 0. The first-order valence-corrected chi connectivity index (χ1v) is 6.01. The van der Waals surface area contributed by atoms with Crippen LogP contribution >= 0.6 is 15.9 Å². The molecule has 1 aromatic rings. The molecule has 1 amide bonds. The van der Waals surface area contributed by atoms with Crippen molar-refractivity contribution in [3.63, 3.8) is 0 Å². The summed E-state index contributed by atoms with van der Waals surface area (Å²) in [5.74, 6) is 0. The largest absolute Gasteiger partial charge is 0.447 e. The minimum atomic E-state index is -0.384. The third-order valence-corrected chi connectivity index (χ3v) is 2.58. The molecular formula is C12H16BrNO2. The highest BCUT2D eigenvalue weighted by Gasteiger charge is 2.11. The summed E-state index contributed by atoms with van der Waals surface area (Å²) in [6.07, 6.45) is -0.484. The van der Waals surface area contributed by atoms with Crippen LogP contribution < -0.4 is 5.32 Å². The smallest absolute Gasteiger partial charge is 0.407 e. The predicted molar refractivity (Wildman–Crippen MR) is 67.3 cm³/mol. The maximum atomic E-state index is 11.4. The van der Waals surface area contributed by atoms with Gasteiger partial charge in [0.1, 0.15) is 0 Å². The Morgan fingerprint density at radius 2 is 1.81 bits per heavy atom. The molecule has 0 aromatic heterocycles. The number of hydrogen-bond donors (Lipinski definition) is 1. The van der Waals surface area contributed by atoms with Crippen molar-refractivity contribution in [1.82, 2.24) is 5.32 Å². The number of ether oxygens (including phenoxy) is 1. The molecule has 1 atom stereocenters. The Bertz CT molecular complexity index is 349. The van der Waals surface area contributed by atoms with Crippen molar-refractivity contribution in [1.29, 1.82) is 0 Å². The summed E-state index contributed by atoms with van der Waals surface area (Å²) >= 11 is 3.37. The third-order valence-electron chi connectivity index (χ3n) is 2.05. The highest BCUT2D eigenvalue weighted by Crippen LogP contribution is 2.16. The van der Waals surface area contributed by atoms with Crippen LogP contribution in [0.25, 0.3) is 0 Å². The minimum absolute atomic E-state index is 0.0562. The lowest BCUT2D eigenvalue weighted by molar-refractivity contribution is 0.113. The second-order valence-corrected chi connectivity index (χ2v) is 4.79. The molecule has 1 aromatic carbocycles. The summed E-state index contributed by atoms with van der Waals surface area (Å²) < 4.78 is 6.03. The van der Waals surface area contributed by atoms with Crippen LogP contribution in [0, 0.1) is 0 Å². The Morgan fingerprint density at radius 3 is 2.31 bits per heavy atom. The second-order valence-electron chi connectivity index (χ2n) is 3.87. The van der Waals surface area contributed by atoms with Crippen molar-refractivity contribution in [3.8, 4) is 0 Å². The van der Waals surface area contributed by atoms with Crippen LogP contribution in [-0.4, -0.2) is 12.2 Å². The summed E-state index contributed by atoms with van der Waals surface area (Å²) in [4.78, 5) is 11.4. The molecule has 1 rings (SSSR count). The topological polar surface area (TPSA) is 38.3 Å². The Labute approximate surface area is 104 Å². The average molecular weight is 286 g/mol. The van der Waals surface area contributed by atoms with Gasteiger partial charge in [-0.1, -0.05) is 28.1 Å². The predicted octanol–water partition coefficient (Wildman–Crippen LogP) is 3.64. The Balaban J connectivity index is 2.55. The molecule has 0 aliphatic carbocycles. The highest BCUT2D eigenvalue weighted by molar-refractivity contribution is 9.10. The van der Waals surface area contributed by atoms with Gasteiger partial charge in [-0.15, -0.1) is 0 Å². The SMILES string of the molecule is CC(C)OC(=O)N[C@@H](C)c1ccc(Br)cc1. The van der Waals surface area contributed by atoms with Crippen molar-refractivity contribution in [2.45, 2.75) is 32.9 Å². The Morgan fingerprint density at radius 1 is 1.25 bits per heavy atom. The number of alkyl carbamates (subject to hydrolysis) is 1. The lowest BCUT2D eigenvalue weighted by Crippen LogP contribution is -2.29. The van der Waals surface area contributed by atoms with Crippen LogP contribution in [0.5, 0.6) is 0 Å². The van der Waals surface area contributed by atoms with Crippen molar-refractivity contribution in [2.75, 3.05) is 0 Å². The van der Waals surface area contributed by atoms with E-state index in [2.05, 4.69) is 21.2 Å². The van der Waals surface area contributed by atoms with E-state index in [1.165, 1.54) is 0 Å². The lowest BCUT2D eigenvalue weighted by Gasteiger charge is -2.15. The van der Waals surface area contributed by atoms with Crippen LogP contribution in [-0.2, 0) is 4.74 Å². The van der Waals surface area contributed by atoms with Gasteiger partial charge < -0.3 is 10.1 Å². The minimum Gasteiger partial charge on any atom is -0.447 e. The van der Waals surface area contributed by atoms with E-state index in [-0.39, 0.29) is 18.2 Å². The van der Waals surface area contributed by atoms with Gasteiger partial charge in [0.15, 0.2) is 0 Å². The summed E-state index contributed by atoms with van der Waals surface area (Å²) in [5.41, 5.74) is 1.05. The van der Waals surface area contributed by atoms with Crippen molar-refractivity contribution < 1.29 is 9.53 Å². The summed E-state index contributed by atoms with van der Waals surface area (Å²) in [6.45, 7) is 5.57. The molecule has 0 fully saturated rings. The molecule has 0 radical (unpaired) electrons. The zero-order valence-corrected chi connectivity index (χ0v) is 11.2. The fourth-order valence-electron chi connectivity index (χ4n) is 1.26. The van der Waals surface area contributed by atoms with Crippen LogP contribution in [0.3, 0.4) is 0 Å². The number of halogens is 1. The van der Waals surface area contributed by atoms with Gasteiger partial charge in [-0.25, -0.2) is 4.79 Å². The molecule has 0 heterocycles. The molecule has 0 aliphatic rings. The van der Waals surface area contributed by atoms with Crippen LogP contribution in [0.15, 0.2) is 28.7 Å². The first-order valence-electron chi connectivity index (χ1n) is 5.21. The third kappa shape index (κ3) is 4.23. The van der Waals surface area contributed by atoms with Gasteiger partial charge in [-0.3, -0.25) is 0 Å². The zero-order chi connectivity index (χ0) is 12.1. The van der Waals surface area contributed by atoms with E-state index in [1.807, 2.05) is 45.0 Å². The van der Waals surface area contributed by atoms with Crippen LogP contribution in [0.4, 0.5) is 4.79 Å². The normalized spacial score (nSPS) is 12.3. The lowest BCUT2D eigenvalue weighted by atomic mass is 10.1. The molecule has 0 saturated heterocycles. The van der Waals surface area contributed by atoms with Gasteiger partial charge in [0.25, 0.3) is 0 Å². The first-order chi connectivity index (χ1) is 7.49. The quantitative estimate of drug-likeness (QED) is 0.921. The standard InChI is InChI=1S/C12H16BrNO2/c1-8(2)16-12(15)14-9(3)10-4-6-11(13)7-5-10/h4-9H,1-3H3,(H,14,15)/t9-/m0/s1. The molecule has 0 saturated carbocycles. The van der Waals surface area contributed by atoms with E-state index in [0.29, 0.717) is 0 Å². The first kappa shape index (κ1) is 13.0. The van der Waals surface area contributed by atoms with Crippen molar-refractivity contribution in [3.05, 3.63) is 34.3 Å². The number of carbonyl (C=O) groups excluding carboxylic acids is 1. The molecule has 4 heteroatoms. The summed E-state index contributed by atoms with van der Waals surface area (Å²) in [5, 5.41) is 2.77. The van der Waals surface area contributed by atoms with E-state index in [9.17, 15) is 4.79 Å². The molecule has 0 aliphatic heterocycles. The Hall–Kier alpha value is -1.03. The molecule has 88 valence electrons. The van der Waals surface area contributed by atoms with Gasteiger partial charge in [0.05, 0.1) is 12.1 Å². The van der Waals surface area contributed by atoms with E-state index < -0.39 is 0 Å². The number of nitrogens with one attached hydrogen (secondary N) is 1. The molecule has 0 bridgehead atoms. The molecule has 3 nitrogen and oxygen atoms in total. The van der Waals surface area contributed by atoms with Crippen LogP contribution in [0.1, 0.15) is 32.4 Å². The summed E-state index contributed by atoms with van der Waals surface area (Å²) in [6, 6.07) is 7.76. The number of rotatable bonds is 3. The van der Waals surface area contributed by atoms with Crippen LogP contribution in [0.2, 0.25) is 0 Å². The van der Waals surface area contributed by atoms with Gasteiger partial charge in [-0.05, 0) is 38.5 Å². The highest BCUT2D eigenvalue weighted by atomic mass is 79.9. The average Bonchev–Trinajstić information content (AvgIpc) is 2.16. The fourth-order valence-corrected chi connectivity index (χ4v) is 1.52. The van der Waals surface area contributed by atoms with Gasteiger partial charge >= 0.3 is 6.09 Å². The van der Waals surface area contributed by atoms with E-state index in [1.54, 1.807) is 0 Å². The van der Waals surface area contributed by atoms with Crippen molar-refractivity contribution >= 4 is 22.0 Å². The molecule has 0 spiro atoms. The maximum absolute atomic E-state index is 11.4. The molecular weight excluding hydrogens is 270 g/mol. The fraction of sp³-hybridized carbons (Fsp3) is 0.417. The number of amides is 1. The molecule has 16 heavy (non-hydrogen) atoms. The molecule has 1 N–H and O–H groups in total. The monoisotopic (exact) mass is 285 g/mol. The van der Waals surface area contributed by atoms with E-state index >= 15 is 0 Å². The van der Waals surface area contributed by atoms with E-state index in [0.717, 1.165) is 10.0 Å². The Kier molecular flexibility index (Phi) is 4.80. The van der Waals surface area contributed by atoms with E-state index in [4.69, 9.17) is 4.74 Å². The van der Waals surface area contributed by atoms with Gasteiger partial charge in [0.2, 0.25) is 0 Å². The zero-order valence-electron chi connectivity index (χ0n) is 9.66. The number of carbonyl (C=O) groups is 1. The number of hydrogen-bond acceptors (Lipinski definition) is 2. The van der Waals surface area contributed by atoms with Gasteiger partial charge in [0, 0.05) is 4.47 Å². The maximum Gasteiger partial charge on any atom is 0.407 e. The van der Waals surface area contributed by atoms with Crippen molar-refractivity contribution in [2.24, 2.45) is 0 Å². The molecule has 0 unspecified atom stereocenters.